The number of thiophene rings is 1. The van der Waals surface area contributed by atoms with E-state index in [1.807, 2.05) is 0 Å². The third-order valence-corrected chi connectivity index (χ3v) is 7.29. The number of piperazine rings is 1. The molecule has 0 amide bonds. The van der Waals surface area contributed by atoms with Crippen molar-refractivity contribution >= 4 is 37.3 Å². The van der Waals surface area contributed by atoms with Crippen LogP contribution in [0.4, 0.5) is 0 Å². The summed E-state index contributed by atoms with van der Waals surface area (Å²) in [4.78, 5) is 2.29. The number of hydrogen-bond donors (Lipinski definition) is 0. The summed E-state index contributed by atoms with van der Waals surface area (Å²) >= 11 is 4.57. The van der Waals surface area contributed by atoms with Crippen molar-refractivity contribution in [2.45, 2.75) is 10.6 Å². The van der Waals surface area contributed by atoms with Gasteiger partial charge in [-0.2, -0.15) is 4.31 Å². The average molecular weight is 383 g/mol. The van der Waals surface area contributed by atoms with Gasteiger partial charge in [0.15, 0.2) is 0 Å². The first kappa shape index (κ1) is 16.4. The molecular weight excluding hydrogens is 364 g/mol. The van der Waals surface area contributed by atoms with Crippen molar-refractivity contribution < 1.29 is 13.2 Å². The van der Waals surface area contributed by atoms with Crippen LogP contribution in [0.25, 0.3) is 0 Å². The highest BCUT2D eigenvalue weighted by molar-refractivity contribution is 9.11. The fourth-order valence-electron chi connectivity index (χ4n) is 2.19. The Bertz CT molecular complexity index is 525. The van der Waals surface area contributed by atoms with E-state index in [2.05, 4.69) is 20.8 Å². The molecule has 114 valence electrons. The van der Waals surface area contributed by atoms with Gasteiger partial charge in [0, 0.05) is 46.4 Å². The first-order valence-corrected chi connectivity index (χ1v) is 9.56. The Labute approximate surface area is 132 Å². The van der Waals surface area contributed by atoms with E-state index < -0.39 is 10.0 Å². The molecule has 0 spiro atoms. The summed E-state index contributed by atoms with van der Waals surface area (Å²) in [6.45, 7) is 4.41. The molecule has 8 heteroatoms. The minimum Gasteiger partial charge on any atom is -0.385 e. The zero-order valence-electron chi connectivity index (χ0n) is 11.4. The van der Waals surface area contributed by atoms with Crippen LogP contribution < -0.4 is 0 Å². The molecule has 5 nitrogen and oxygen atoms in total. The summed E-state index contributed by atoms with van der Waals surface area (Å²) in [5.74, 6) is 0. The number of ether oxygens (including phenoxy) is 1. The maximum Gasteiger partial charge on any atom is 0.252 e. The first-order valence-electron chi connectivity index (χ1n) is 6.51. The average Bonchev–Trinajstić information content (AvgIpc) is 2.87. The quantitative estimate of drug-likeness (QED) is 0.704. The first-order chi connectivity index (χ1) is 9.54. The molecule has 1 aliphatic heterocycles. The van der Waals surface area contributed by atoms with Gasteiger partial charge >= 0.3 is 0 Å². The van der Waals surface area contributed by atoms with Crippen molar-refractivity contribution in [1.29, 1.82) is 0 Å². The van der Waals surface area contributed by atoms with Gasteiger partial charge < -0.3 is 9.64 Å². The topological polar surface area (TPSA) is 49.9 Å². The summed E-state index contributed by atoms with van der Waals surface area (Å²) in [6, 6.07) is 3.44. The molecule has 0 aromatic carbocycles. The second kappa shape index (κ2) is 7.33. The molecule has 20 heavy (non-hydrogen) atoms. The normalized spacial score (nSPS) is 18.5. The van der Waals surface area contributed by atoms with Gasteiger partial charge in [0.2, 0.25) is 0 Å². The zero-order valence-corrected chi connectivity index (χ0v) is 14.6. The van der Waals surface area contributed by atoms with E-state index in [9.17, 15) is 8.42 Å². The lowest BCUT2D eigenvalue weighted by atomic mass is 10.3. The van der Waals surface area contributed by atoms with Crippen molar-refractivity contribution in [3.63, 3.8) is 0 Å². The minimum absolute atomic E-state index is 0.414. The SMILES string of the molecule is COCCCN1CCN(S(=O)(=O)c2ccc(Br)s2)CC1. The lowest BCUT2D eigenvalue weighted by molar-refractivity contribution is 0.149. The molecule has 1 saturated heterocycles. The van der Waals surface area contributed by atoms with Gasteiger partial charge in [-0.1, -0.05) is 0 Å². The molecule has 2 heterocycles. The largest absolute Gasteiger partial charge is 0.385 e. The Balaban J connectivity index is 1.90. The molecule has 0 aliphatic carbocycles. The van der Waals surface area contributed by atoms with E-state index in [-0.39, 0.29) is 0 Å². The van der Waals surface area contributed by atoms with Crippen LogP contribution in [0.15, 0.2) is 20.1 Å². The molecule has 0 atom stereocenters. The Morgan fingerprint density at radius 2 is 2.00 bits per heavy atom. The van der Waals surface area contributed by atoms with E-state index in [4.69, 9.17) is 4.74 Å². The molecule has 1 aromatic heterocycles. The molecule has 1 fully saturated rings. The number of halogens is 1. The highest BCUT2D eigenvalue weighted by Gasteiger charge is 2.29. The van der Waals surface area contributed by atoms with E-state index in [0.29, 0.717) is 17.3 Å². The van der Waals surface area contributed by atoms with Gasteiger partial charge in [0.1, 0.15) is 4.21 Å². The smallest absolute Gasteiger partial charge is 0.252 e. The number of hydrogen-bond acceptors (Lipinski definition) is 5. The van der Waals surface area contributed by atoms with E-state index in [0.717, 1.165) is 36.4 Å². The number of nitrogens with zero attached hydrogens (tertiary/aromatic N) is 2. The highest BCUT2D eigenvalue weighted by atomic mass is 79.9. The lowest BCUT2D eigenvalue weighted by Crippen LogP contribution is -2.48. The number of sulfonamides is 1. The van der Waals surface area contributed by atoms with E-state index in [1.165, 1.54) is 11.3 Å². The monoisotopic (exact) mass is 382 g/mol. The number of methoxy groups -OCH3 is 1. The van der Waals surface area contributed by atoms with Crippen LogP contribution in [-0.2, 0) is 14.8 Å². The number of rotatable bonds is 6. The molecule has 0 N–H and O–H groups in total. The maximum absolute atomic E-state index is 12.4. The van der Waals surface area contributed by atoms with Crippen LogP contribution in [0.1, 0.15) is 6.42 Å². The van der Waals surface area contributed by atoms with Gasteiger partial charge in [-0.15, -0.1) is 11.3 Å². The summed E-state index contributed by atoms with van der Waals surface area (Å²) < 4.78 is 32.8. The highest BCUT2D eigenvalue weighted by Crippen LogP contribution is 2.28. The van der Waals surface area contributed by atoms with Crippen LogP contribution in [0.2, 0.25) is 0 Å². The molecule has 0 saturated carbocycles. The van der Waals surface area contributed by atoms with Crippen molar-refractivity contribution in [1.82, 2.24) is 9.21 Å². The Morgan fingerprint density at radius 3 is 2.55 bits per heavy atom. The second-order valence-corrected chi connectivity index (χ2v) is 9.28. The fraction of sp³-hybridized carbons (Fsp3) is 0.667. The lowest BCUT2D eigenvalue weighted by Gasteiger charge is -2.33. The minimum atomic E-state index is -3.32. The predicted octanol–water partition coefficient (Wildman–Crippen LogP) is 1.85. The zero-order chi connectivity index (χ0) is 14.6. The summed E-state index contributed by atoms with van der Waals surface area (Å²) in [6.07, 6.45) is 0.987. The van der Waals surface area contributed by atoms with Gasteiger partial charge in [0.05, 0.1) is 3.79 Å². The summed E-state index contributed by atoms with van der Waals surface area (Å²) in [7, 11) is -1.62. The van der Waals surface area contributed by atoms with Gasteiger partial charge in [0.25, 0.3) is 10.0 Å². The van der Waals surface area contributed by atoms with Crippen LogP contribution in [-0.4, -0.2) is 64.1 Å². The molecular formula is C12H19BrN2O3S2. The Morgan fingerprint density at radius 1 is 1.30 bits per heavy atom. The maximum atomic E-state index is 12.4. The third kappa shape index (κ3) is 4.02. The predicted molar refractivity (Wildman–Crippen MR) is 83.7 cm³/mol. The van der Waals surface area contributed by atoms with Crippen LogP contribution in [0, 0.1) is 0 Å². The van der Waals surface area contributed by atoms with Gasteiger partial charge in [-0.05, 0) is 34.5 Å². The van der Waals surface area contributed by atoms with Crippen molar-refractivity contribution in [2.24, 2.45) is 0 Å². The summed E-state index contributed by atoms with van der Waals surface area (Å²) in [5, 5.41) is 0. The molecule has 1 aromatic rings. The molecule has 0 bridgehead atoms. The Kier molecular flexibility index (Phi) is 6.00. The van der Waals surface area contributed by atoms with E-state index >= 15 is 0 Å². The van der Waals surface area contributed by atoms with Crippen molar-refractivity contribution in [3.8, 4) is 0 Å². The Hall–Kier alpha value is 0.01000. The van der Waals surface area contributed by atoms with Crippen LogP contribution in [0.5, 0.6) is 0 Å². The third-order valence-electron chi connectivity index (χ3n) is 3.30. The molecule has 1 aliphatic rings. The van der Waals surface area contributed by atoms with Crippen molar-refractivity contribution in [2.75, 3.05) is 46.4 Å². The van der Waals surface area contributed by atoms with Gasteiger partial charge in [-0.25, -0.2) is 8.42 Å². The van der Waals surface area contributed by atoms with Crippen LogP contribution in [0.3, 0.4) is 0 Å². The van der Waals surface area contributed by atoms with Gasteiger partial charge in [-0.3, -0.25) is 0 Å². The molecule has 2 rings (SSSR count). The summed E-state index contributed by atoms with van der Waals surface area (Å²) in [5.41, 5.74) is 0. The standard InChI is InChI=1S/C12H19BrN2O3S2/c1-18-10-2-5-14-6-8-15(9-7-14)20(16,17)12-4-3-11(13)19-12/h3-4H,2,5-10H2,1H3. The van der Waals surface area contributed by atoms with Crippen molar-refractivity contribution in [3.05, 3.63) is 15.9 Å². The molecule has 0 unspecified atom stereocenters. The van der Waals surface area contributed by atoms with Crippen LogP contribution >= 0.6 is 27.3 Å². The molecule has 0 radical (unpaired) electrons. The second-order valence-electron chi connectivity index (χ2n) is 4.65. The fourth-order valence-corrected chi connectivity index (χ4v) is 5.78. The van der Waals surface area contributed by atoms with E-state index in [1.54, 1.807) is 23.5 Å².